The second-order valence-corrected chi connectivity index (χ2v) is 73.9. The van der Waals surface area contributed by atoms with Gasteiger partial charge in [0, 0.05) is 12.2 Å². The molecule has 3 heterocycles. The summed E-state index contributed by atoms with van der Waals surface area (Å²) in [6, 6.07) is 8.14. The molecule has 3 aliphatic rings. The Hall–Kier alpha value is 2.95. The molecule has 0 bridgehead atoms. The first-order valence-corrected chi connectivity index (χ1v) is 63.2. The van der Waals surface area contributed by atoms with Gasteiger partial charge in [0.2, 0.25) is 0 Å². The van der Waals surface area contributed by atoms with Crippen molar-refractivity contribution >= 4 is 142 Å². The molecule has 3 aliphatic heterocycles. The van der Waals surface area contributed by atoms with Crippen LogP contribution in [0.1, 0.15) is 27.7 Å². The Bertz CT molecular complexity index is 1340. The van der Waals surface area contributed by atoms with E-state index >= 15 is 0 Å². The van der Waals surface area contributed by atoms with Gasteiger partial charge in [-0.15, -0.1) is 0 Å². The molecule has 0 radical (unpaired) electrons. The van der Waals surface area contributed by atoms with Gasteiger partial charge in [0.1, 0.15) is 9.28 Å². The summed E-state index contributed by atoms with van der Waals surface area (Å²) in [5, 5.41) is 0. The minimum Gasteiger partial charge on any atom is -0.447 e. The van der Waals surface area contributed by atoms with Crippen molar-refractivity contribution in [2.24, 2.45) is 0 Å². The van der Waals surface area contributed by atoms with E-state index in [1.807, 2.05) is 0 Å². The number of hydrogen-bond acceptors (Lipinski definition) is 13. The molecule has 0 N–H and O–H groups in total. The summed E-state index contributed by atoms with van der Waals surface area (Å²) in [5.41, 5.74) is 1.56. The van der Waals surface area contributed by atoms with Crippen molar-refractivity contribution in [3.8, 4) is 0 Å². The highest BCUT2D eigenvalue weighted by atomic mass is 29.2. The molecule has 0 aromatic carbocycles. The van der Waals surface area contributed by atoms with Gasteiger partial charge >= 0.3 is 52.8 Å². The second-order valence-electron chi connectivity index (χ2n) is 22.0. The van der Waals surface area contributed by atoms with Crippen LogP contribution >= 0.6 is 0 Å². The van der Waals surface area contributed by atoms with E-state index in [1.54, 1.807) is 0 Å². The highest BCUT2D eigenvalue weighted by Crippen LogP contribution is 2.37. The van der Waals surface area contributed by atoms with Gasteiger partial charge < -0.3 is 54.1 Å². The van der Waals surface area contributed by atoms with Crippen LogP contribution in [-0.2, 0) is 54.1 Å². The molecule has 3 rings (SSSR count). The average molecular weight is 1150 g/mol. The first-order chi connectivity index (χ1) is 28.2. The zero-order chi connectivity index (χ0) is 47.1. The van der Waals surface area contributed by atoms with Crippen molar-refractivity contribution in [1.29, 1.82) is 0 Å². The summed E-state index contributed by atoms with van der Waals surface area (Å²) < 4.78 is 88.4. The van der Waals surface area contributed by atoms with E-state index in [1.165, 1.54) is 12.1 Å². The Morgan fingerprint density at radius 2 is 1.16 bits per heavy atom. The van der Waals surface area contributed by atoms with Crippen LogP contribution in [0.15, 0.2) is 0 Å². The van der Waals surface area contributed by atoms with Crippen LogP contribution in [0.5, 0.6) is 0 Å². The summed E-state index contributed by atoms with van der Waals surface area (Å²) in [6.45, 7) is 47.7. The van der Waals surface area contributed by atoms with Crippen LogP contribution < -0.4 is 0 Å². The largest absolute Gasteiger partial charge is 0.447 e. The van der Waals surface area contributed by atoms with Crippen LogP contribution in [0.2, 0.25) is 171 Å². The van der Waals surface area contributed by atoms with Crippen LogP contribution in [0.4, 0.5) is 0 Å². The van der Waals surface area contributed by atoms with E-state index in [0.717, 1.165) is 47.3 Å². The van der Waals surface area contributed by atoms with Crippen LogP contribution in [0.3, 0.4) is 0 Å². The zero-order valence-corrected chi connectivity index (χ0v) is 61.1. The van der Waals surface area contributed by atoms with Gasteiger partial charge in [-0.1, -0.05) is 19.9 Å². The molecule has 62 heavy (non-hydrogen) atoms. The Morgan fingerprint density at radius 3 is 1.77 bits per heavy atom. The van der Waals surface area contributed by atoms with Gasteiger partial charge in [-0.2, -0.15) is 0 Å². The molecule has 0 amide bonds. The first-order valence-electron chi connectivity index (χ1n) is 23.9. The molecule has 0 aromatic rings. The minimum absolute atomic E-state index is 0.119. The van der Waals surface area contributed by atoms with Gasteiger partial charge in [-0.3, -0.25) is 0 Å². The van der Waals surface area contributed by atoms with Crippen LogP contribution in [0, 0.1) is 0 Å². The molecule has 13 nitrogen and oxygen atoms in total. The molecular formula is C33H94O13Si16. The lowest BCUT2D eigenvalue weighted by atomic mass is 10.4. The SMILES string of the molecule is CC1C[Si](C)(CC[Si](C)(O[Si](C)(C)O[Si](C)(C)CC[SiH]2OC(C)C[SiH](C)O[SiH](C)O2)O[Si](C)(C)O[Si](C)(C)O[Si](C)(C)CC[SiH]2[SiH2]O[SiH](C)O[SiH2]C(C)C2C)O[SiH](C)O[SiH](C)O1. The summed E-state index contributed by atoms with van der Waals surface area (Å²) in [7, 11) is -29.1. The average Bonchev–Trinajstić information content (AvgIpc) is 3.04. The smallest absolute Gasteiger partial charge is 0.317 e. The Labute approximate surface area is 403 Å². The highest BCUT2D eigenvalue weighted by Gasteiger charge is 2.51. The fourth-order valence-electron chi connectivity index (χ4n) is 9.95. The van der Waals surface area contributed by atoms with Crippen molar-refractivity contribution in [2.45, 2.75) is 211 Å². The second kappa shape index (κ2) is 24.9. The third-order valence-electron chi connectivity index (χ3n) is 12.2. The molecular weight excluding hydrogens is 1050 g/mol. The standard InChI is InChI=1S/C33H94O13Si16/c1-30-28-49(5)38-52(8)40-55(35-30)23-25-57(12,13)43-59(16,17)45-62(21,27-26-61(20)29-31(2)34-50(6)39-53(9)41-61)46-60(18,19)44-58(14,15)42-56(10,11)24-22-54-33(4)32(3)47-36-51(7)37-48-54/h30-33,49-55H,22-29,47-48H2,1-21H3. The van der Waals surface area contributed by atoms with E-state index in [9.17, 15) is 0 Å². The predicted molar refractivity (Wildman–Crippen MR) is 297 cm³/mol. The lowest BCUT2D eigenvalue weighted by Gasteiger charge is -2.45. The quantitative estimate of drug-likeness (QED) is 0.136. The van der Waals surface area contributed by atoms with E-state index in [4.69, 9.17) is 54.1 Å². The maximum Gasteiger partial charge on any atom is 0.317 e. The molecule has 3 fully saturated rings. The molecule has 13 unspecified atom stereocenters. The zero-order valence-electron chi connectivity index (χ0n) is 43.2. The van der Waals surface area contributed by atoms with Crippen molar-refractivity contribution in [3.05, 3.63) is 0 Å². The van der Waals surface area contributed by atoms with Gasteiger partial charge in [-0.05, 0) is 179 Å². The summed E-state index contributed by atoms with van der Waals surface area (Å²) in [6.07, 6.45) is 0.322. The third kappa shape index (κ3) is 22.4. The maximum atomic E-state index is 7.47. The van der Waals surface area contributed by atoms with Crippen LogP contribution in [0.25, 0.3) is 0 Å². The van der Waals surface area contributed by atoms with E-state index in [2.05, 4.69) is 139 Å². The third-order valence-corrected chi connectivity index (χ3v) is 74.2. The van der Waals surface area contributed by atoms with E-state index in [0.29, 0.717) is 0 Å². The Kier molecular flexibility index (Phi) is 23.8. The number of rotatable bonds is 19. The fourth-order valence-corrected chi connectivity index (χ4v) is 87.3. The van der Waals surface area contributed by atoms with Crippen molar-refractivity contribution < 1.29 is 54.1 Å². The molecule has 13 atom stereocenters. The van der Waals surface area contributed by atoms with Gasteiger partial charge in [0.15, 0.2) is 43.8 Å². The number of hydrogen-bond donors (Lipinski definition) is 0. The first kappa shape index (κ1) is 59.3. The lowest BCUT2D eigenvalue weighted by Crippen LogP contribution is -2.61. The lowest BCUT2D eigenvalue weighted by molar-refractivity contribution is 0.184. The topological polar surface area (TPSA) is 120 Å². The Balaban J connectivity index is 1.79. The minimum atomic E-state index is -2.94. The van der Waals surface area contributed by atoms with E-state index < -0.39 is 142 Å². The molecule has 29 heteroatoms. The van der Waals surface area contributed by atoms with Crippen molar-refractivity contribution in [1.82, 2.24) is 0 Å². The Morgan fingerprint density at radius 1 is 0.597 bits per heavy atom. The highest BCUT2D eigenvalue weighted by molar-refractivity contribution is 7.12. The molecule has 0 aromatic heterocycles. The molecule has 0 aliphatic carbocycles. The van der Waals surface area contributed by atoms with Crippen molar-refractivity contribution in [3.63, 3.8) is 0 Å². The molecule has 0 saturated carbocycles. The van der Waals surface area contributed by atoms with Crippen molar-refractivity contribution in [2.75, 3.05) is 0 Å². The molecule has 0 spiro atoms. The predicted octanol–water partition coefficient (Wildman–Crippen LogP) is 6.25. The van der Waals surface area contributed by atoms with Gasteiger partial charge in [0.25, 0.3) is 27.9 Å². The summed E-state index contributed by atoms with van der Waals surface area (Å²) >= 11 is 0. The normalized spacial score (nSPS) is 36.2. The van der Waals surface area contributed by atoms with E-state index in [-0.39, 0.29) is 12.2 Å². The van der Waals surface area contributed by atoms with Gasteiger partial charge in [-0.25, -0.2) is 0 Å². The summed E-state index contributed by atoms with van der Waals surface area (Å²) in [5.74, 6) is 0. The van der Waals surface area contributed by atoms with Gasteiger partial charge in [0.05, 0.1) is 8.31 Å². The van der Waals surface area contributed by atoms with Crippen LogP contribution in [-0.4, -0.2) is 154 Å². The summed E-state index contributed by atoms with van der Waals surface area (Å²) in [4.78, 5) is 0. The maximum absolute atomic E-state index is 7.47. The molecule has 368 valence electrons. The molecule has 3 saturated heterocycles. The monoisotopic (exact) mass is 1150 g/mol. The fraction of sp³-hybridized carbons (Fsp3) is 1.00.